The van der Waals surface area contributed by atoms with Gasteiger partial charge >= 0.3 is 0 Å². The second-order valence-electron chi connectivity index (χ2n) is 5.53. The van der Waals surface area contributed by atoms with E-state index in [0.29, 0.717) is 18.1 Å². The third-order valence-corrected chi connectivity index (χ3v) is 4.30. The predicted molar refractivity (Wildman–Crippen MR) is 77.6 cm³/mol. The van der Waals surface area contributed by atoms with E-state index in [1.165, 1.54) is 24.8 Å². The highest BCUT2D eigenvalue weighted by atomic mass is 15.2. The Morgan fingerprint density at radius 2 is 1.94 bits per heavy atom. The molecule has 18 heavy (non-hydrogen) atoms. The lowest BCUT2D eigenvalue weighted by Crippen LogP contribution is -2.51. The molecule has 1 aliphatic heterocycles. The van der Waals surface area contributed by atoms with Crippen LogP contribution in [0, 0.1) is 0 Å². The van der Waals surface area contributed by atoms with Gasteiger partial charge in [-0.05, 0) is 38.8 Å². The van der Waals surface area contributed by atoms with Crippen molar-refractivity contribution in [2.45, 2.75) is 57.8 Å². The molecule has 1 heterocycles. The largest absolute Gasteiger partial charge is 0.317 e. The van der Waals surface area contributed by atoms with Gasteiger partial charge in [-0.2, -0.15) is 0 Å². The highest BCUT2D eigenvalue weighted by Crippen LogP contribution is 2.26. The quantitative estimate of drug-likeness (QED) is 0.878. The van der Waals surface area contributed by atoms with Crippen LogP contribution >= 0.6 is 0 Å². The molecule has 0 radical (unpaired) electrons. The Bertz CT molecular complexity index is 349. The Kier molecular flexibility index (Phi) is 4.79. The highest BCUT2D eigenvalue weighted by Gasteiger charge is 2.31. The maximum Gasteiger partial charge on any atom is 0.0239 e. The molecule has 0 bridgehead atoms. The first-order valence-corrected chi connectivity index (χ1v) is 7.21. The number of piperidine rings is 1. The molecule has 2 nitrogen and oxygen atoms in total. The predicted octanol–water partition coefficient (Wildman–Crippen LogP) is 3.04. The van der Waals surface area contributed by atoms with E-state index in [-0.39, 0.29) is 0 Å². The van der Waals surface area contributed by atoms with Crippen molar-refractivity contribution >= 4 is 0 Å². The smallest absolute Gasteiger partial charge is 0.0239 e. The number of nitrogens with one attached hydrogen (secondary N) is 1. The molecular weight excluding hydrogens is 220 g/mol. The van der Waals surface area contributed by atoms with Crippen molar-refractivity contribution in [3.63, 3.8) is 0 Å². The molecular formula is C16H26N2. The molecule has 1 aromatic carbocycles. The second kappa shape index (κ2) is 6.35. The number of benzene rings is 1. The van der Waals surface area contributed by atoms with E-state index in [1.54, 1.807) is 0 Å². The molecule has 100 valence electrons. The van der Waals surface area contributed by atoms with E-state index in [4.69, 9.17) is 0 Å². The molecule has 0 saturated carbocycles. The van der Waals surface area contributed by atoms with Crippen molar-refractivity contribution in [3.8, 4) is 0 Å². The fourth-order valence-electron chi connectivity index (χ4n) is 3.18. The molecule has 1 aromatic rings. The number of likely N-dealkylation sites (tertiary alicyclic amines) is 1. The first-order chi connectivity index (χ1) is 8.74. The minimum absolute atomic E-state index is 0.668. The lowest BCUT2D eigenvalue weighted by atomic mass is 9.90. The maximum absolute atomic E-state index is 3.46. The van der Waals surface area contributed by atoms with Crippen LogP contribution in [0.25, 0.3) is 0 Å². The molecule has 0 spiro atoms. The lowest BCUT2D eigenvalue weighted by molar-refractivity contribution is 0.0648. The molecule has 0 aliphatic carbocycles. The highest BCUT2D eigenvalue weighted by molar-refractivity contribution is 5.15. The van der Waals surface area contributed by atoms with E-state index in [1.807, 2.05) is 0 Å². The van der Waals surface area contributed by atoms with Gasteiger partial charge in [-0.3, -0.25) is 4.90 Å². The molecule has 2 rings (SSSR count). The van der Waals surface area contributed by atoms with Crippen LogP contribution < -0.4 is 5.32 Å². The summed E-state index contributed by atoms with van der Waals surface area (Å²) in [5, 5.41) is 3.46. The number of nitrogens with zero attached hydrogens (tertiary/aromatic N) is 1. The van der Waals surface area contributed by atoms with Crippen molar-refractivity contribution in [3.05, 3.63) is 35.9 Å². The third kappa shape index (κ3) is 3.12. The minimum atomic E-state index is 0.668. The molecule has 2 heteroatoms. The SMILES string of the molecule is CCC1CC(NC)CC(C)N1Cc1ccccc1. The fraction of sp³-hybridized carbons (Fsp3) is 0.625. The Labute approximate surface area is 111 Å². The van der Waals surface area contributed by atoms with Gasteiger partial charge in [0, 0.05) is 24.7 Å². The fourth-order valence-corrected chi connectivity index (χ4v) is 3.18. The number of hydrogen-bond donors (Lipinski definition) is 1. The zero-order chi connectivity index (χ0) is 13.0. The van der Waals surface area contributed by atoms with Crippen molar-refractivity contribution in [2.75, 3.05) is 7.05 Å². The van der Waals surface area contributed by atoms with Crippen LogP contribution in [0.1, 0.15) is 38.7 Å². The standard InChI is InChI=1S/C16H26N2/c1-4-16-11-15(17-3)10-13(2)18(16)12-14-8-6-5-7-9-14/h5-9,13,15-17H,4,10-12H2,1-3H3. The summed E-state index contributed by atoms with van der Waals surface area (Å²) in [6.45, 7) is 5.78. The van der Waals surface area contributed by atoms with Gasteiger partial charge in [-0.1, -0.05) is 37.3 Å². The Balaban J connectivity index is 2.06. The van der Waals surface area contributed by atoms with Gasteiger partial charge < -0.3 is 5.32 Å². The van der Waals surface area contributed by atoms with Crippen molar-refractivity contribution in [2.24, 2.45) is 0 Å². The first kappa shape index (κ1) is 13.6. The normalized spacial score (nSPS) is 29.4. The summed E-state index contributed by atoms with van der Waals surface area (Å²) in [4.78, 5) is 2.68. The summed E-state index contributed by atoms with van der Waals surface area (Å²) in [5.41, 5.74) is 1.44. The second-order valence-corrected chi connectivity index (χ2v) is 5.53. The minimum Gasteiger partial charge on any atom is -0.317 e. The summed E-state index contributed by atoms with van der Waals surface area (Å²) >= 11 is 0. The molecule has 1 N–H and O–H groups in total. The molecule has 1 fully saturated rings. The van der Waals surface area contributed by atoms with Crippen LogP contribution in [-0.4, -0.2) is 30.1 Å². The topological polar surface area (TPSA) is 15.3 Å². The molecule has 0 aromatic heterocycles. The zero-order valence-corrected chi connectivity index (χ0v) is 11.9. The summed E-state index contributed by atoms with van der Waals surface area (Å²) in [5.74, 6) is 0. The van der Waals surface area contributed by atoms with E-state index >= 15 is 0 Å². The monoisotopic (exact) mass is 246 g/mol. The Morgan fingerprint density at radius 1 is 1.22 bits per heavy atom. The van der Waals surface area contributed by atoms with Crippen LogP contribution in [0.2, 0.25) is 0 Å². The Morgan fingerprint density at radius 3 is 2.56 bits per heavy atom. The van der Waals surface area contributed by atoms with Gasteiger partial charge in [0.1, 0.15) is 0 Å². The van der Waals surface area contributed by atoms with Crippen LogP contribution in [0.15, 0.2) is 30.3 Å². The number of hydrogen-bond acceptors (Lipinski definition) is 2. The summed E-state index contributed by atoms with van der Waals surface area (Å²) in [6.07, 6.45) is 3.79. The molecule has 0 amide bonds. The van der Waals surface area contributed by atoms with Crippen molar-refractivity contribution in [1.82, 2.24) is 10.2 Å². The molecule has 1 saturated heterocycles. The van der Waals surface area contributed by atoms with E-state index in [2.05, 4.69) is 61.4 Å². The van der Waals surface area contributed by atoms with Crippen LogP contribution in [0.4, 0.5) is 0 Å². The van der Waals surface area contributed by atoms with Gasteiger partial charge in [0.05, 0.1) is 0 Å². The third-order valence-electron chi connectivity index (χ3n) is 4.30. The average molecular weight is 246 g/mol. The summed E-state index contributed by atoms with van der Waals surface area (Å²) in [7, 11) is 2.09. The van der Waals surface area contributed by atoms with E-state index < -0.39 is 0 Å². The van der Waals surface area contributed by atoms with Gasteiger partial charge in [0.2, 0.25) is 0 Å². The Hall–Kier alpha value is -0.860. The zero-order valence-electron chi connectivity index (χ0n) is 11.9. The van der Waals surface area contributed by atoms with Gasteiger partial charge in [-0.25, -0.2) is 0 Å². The number of rotatable bonds is 4. The van der Waals surface area contributed by atoms with Crippen LogP contribution in [-0.2, 0) is 6.54 Å². The molecule has 3 unspecified atom stereocenters. The van der Waals surface area contributed by atoms with Crippen molar-refractivity contribution in [1.29, 1.82) is 0 Å². The maximum atomic E-state index is 3.46. The van der Waals surface area contributed by atoms with Gasteiger partial charge in [0.25, 0.3) is 0 Å². The average Bonchev–Trinajstić information content (AvgIpc) is 2.42. The summed E-state index contributed by atoms with van der Waals surface area (Å²) < 4.78 is 0. The van der Waals surface area contributed by atoms with Crippen LogP contribution in [0.3, 0.4) is 0 Å². The van der Waals surface area contributed by atoms with Crippen LogP contribution in [0.5, 0.6) is 0 Å². The van der Waals surface area contributed by atoms with Gasteiger partial charge in [-0.15, -0.1) is 0 Å². The van der Waals surface area contributed by atoms with Gasteiger partial charge in [0.15, 0.2) is 0 Å². The van der Waals surface area contributed by atoms with E-state index in [0.717, 1.165) is 6.54 Å². The molecule has 3 atom stereocenters. The van der Waals surface area contributed by atoms with E-state index in [9.17, 15) is 0 Å². The summed E-state index contributed by atoms with van der Waals surface area (Å²) in [6, 6.07) is 12.9. The van der Waals surface area contributed by atoms with Crippen molar-refractivity contribution < 1.29 is 0 Å². The first-order valence-electron chi connectivity index (χ1n) is 7.21. The molecule has 1 aliphatic rings. The lowest BCUT2D eigenvalue weighted by Gasteiger charge is -2.44.